The number of quaternary nitrogens is 2. The van der Waals surface area contributed by atoms with E-state index in [4.69, 9.17) is 23.2 Å². The van der Waals surface area contributed by atoms with Crippen LogP contribution in [-0.2, 0) is 9.59 Å². The molecule has 26 heavy (non-hydrogen) atoms. The predicted molar refractivity (Wildman–Crippen MR) is 101 cm³/mol. The maximum absolute atomic E-state index is 10.7. The fourth-order valence-electron chi connectivity index (χ4n) is 2.10. The van der Waals surface area contributed by atoms with Crippen molar-refractivity contribution < 1.29 is 29.6 Å². The zero-order valence-corrected chi connectivity index (χ0v) is 18.1. The van der Waals surface area contributed by atoms with Gasteiger partial charge in [-0.05, 0) is 53.1 Å². The van der Waals surface area contributed by atoms with Crippen molar-refractivity contribution in [1.29, 1.82) is 0 Å². The Morgan fingerprint density at radius 1 is 0.615 bits per heavy atom. The molecule has 0 radical (unpaired) electrons. The monoisotopic (exact) mass is 410 g/mol. The molecular weight excluding hydrogens is 379 g/mol. The van der Waals surface area contributed by atoms with Crippen LogP contribution in [-0.4, -0.2) is 50.8 Å². The lowest BCUT2D eigenvalue weighted by Crippen LogP contribution is -3.11. The second-order valence-electron chi connectivity index (χ2n) is 5.57. The van der Waals surface area contributed by atoms with E-state index in [9.17, 15) is 19.8 Å². The quantitative estimate of drug-likeness (QED) is 0.528. The normalized spacial score (nSPS) is 14.4. The van der Waals surface area contributed by atoms with Gasteiger partial charge in [-0.3, -0.25) is 9.59 Å². The van der Waals surface area contributed by atoms with Crippen molar-refractivity contribution in [3.63, 3.8) is 0 Å². The van der Waals surface area contributed by atoms with Crippen LogP contribution < -0.4 is 20.0 Å². The van der Waals surface area contributed by atoms with Crippen LogP contribution in [0.25, 0.3) is 0 Å². The molecule has 1 rings (SSSR count). The zero-order chi connectivity index (χ0) is 20.9. The number of rotatable bonds is 6. The highest BCUT2D eigenvalue weighted by Gasteiger charge is 2.22. The van der Waals surface area contributed by atoms with Crippen LogP contribution in [0.2, 0.25) is 0 Å². The minimum absolute atomic E-state index is 0.894. The molecule has 0 atom stereocenters. The van der Waals surface area contributed by atoms with Crippen LogP contribution in [0.15, 0.2) is 21.6 Å². The highest BCUT2D eigenvalue weighted by Crippen LogP contribution is 2.23. The number of carbonyl (C=O) groups excluding carboxylic acids is 2. The molecule has 0 saturated heterocycles. The summed E-state index contributed by atoms with van der Waals surface area (Å²) in [5.41, 5.74) is 0. The third-order valence-corrected chi connectivity index (χ3v) is 4.90. The van der Waals surface area contributed by atoms with E-state index in [1.165, 1.54) is 39.3 Å². The molecule has 0 aromatic rings. The molecule has 0 aliphatic heterocycles. The summed E-state index contributed by atoms with van der Waals surface area (Å²) in [6.07, 6.45) is 0. The van der Waals surface area contributed by atoms with E-state index in [1.807, 2.05) is 0 Å². The molecule has 1 aliphatic rings. The minimum Gasteiger partial charge on any atom is -0.869 e. The number of nitrogens with one attached hydrogen (secondary N) is 2. The first-order chi connectivity index (χ1) is 12.2. The smallest absolute Gasteiger partial charge is 0.190 e. The molecule has 0 bridgehead atoms. The van der Waals surface area contributed by atoms with Crippen LogP contribution in [0, 0.1) is 0 Å². The first-order valence-electron chi connectivity index (χ1n) is 9.06. The molecule has 0 aromatic heterocycles. The Morgan fingerprint density at radius 2 is 0.808 bits per heavy atom. The highest BCUT2D eigenvalue weighted by atomic mass is 35.5. The number of allylic oxidation sites excluding steroid dienone is 2. The van der Waals surface area contributed by atoms with E-state index < -0.39 is 33.1 Å². The minimum atomic E-state index is -1.23. The van der Waals surface area contributed by atoms with Crippen LogP contribution in [0.4, 0.5) is 0 Å². The van der Waals surface area contributed by atoms with Gasteiger partial charge in [0.05, 0.1) is 49.3 Å². The lowest BCUT2D eigenvalue weighted by molar-refractivity contribution is -0.894. The average molecular weight is 411 g/mol. The third kappa shape index (κ3) is 9.03. The van der Waals surface area contributed by atoms with E-state index in [0.717, 1.165) is 0 Å². The second-order valence-corrected chi connectivity index (χ2v) is 6.32. The summed E-state index contributed by atoms with van der Waals surface area (Å²) in [5, 5.41) is 19.6. The van der Waals surface area contributed by atoms with Crippen molar-refractivity contribution in [2.75, 3.05) is 39.3 Å². The van der Waals surface area contributed by atoms with Crippen molar-refractivity contribution in [3.05, 3.63) is 21.6 Å². The summed E-state index contributed by atoms with van der Waals surface area (Å²) < 4.78 is 0. The summed E-state index contributed by atoms with van der Waals surface area (Å²) >= 11 is 10.2. The van der Waals surface area contributed by atoms with E-state index in [2.05, 4.69) is 41.5 Å². The molecule has 8 heteroatoms. The van der Waals surface area contributed by atoms with Gasteiger partial charge in [0, 0.05) is 0 Å². The van der Waals surface area contributed by atoms with Crippen molar-refractivity contribution in [1.82, 2.24) is 0 Å². The highest BCUT2D eigenvalue weighted by molar-refractivity contribution is 6.55. The summed E-state index contributed by atoms with van der Waals surface area (Å²) in [7, 11) is 0. The Bertz CT molecular complexity index is 426. The van der Waals surface area contributed by atoms with Crippen molar-refractivity contribution >= 4 is 34.8 Å². The summed E-state index contributed by atoms with van der Waals surface area (Å²) in [6, 6.07) is 0. The first kappa shape index (κ1) is 27.1. The van der Waals surface area contributed by atoms with E-state index in [-0.39, 0.29) is 0 Å². The van der Waals surface area contributed by atoms with Gasteiger partial charge in [-0.25, -0.2) is 0 Å². The van der Waals surface area contributed by atoms with E-state index in [0.29, 0.717) is 0 Å². The average Bonchev–Trinajstić information content (AvgIpc) is 2.67. The molecule has 0 spiro atoms. The molecule has 0 aromatic carbocycles. The number of hydrogen-bond acceptors (Lipinski definition) is 4. The summed E-state index contributed by atoms with van der Waals surface area (Å²) in [4.78, 5) is 24.8. The Hall–Kier alpha value is -1.08. The van der Waals surface area contributed by atoms with Crippen molar-refractivity contribution in [2.24, 2.45) is 0 Å². The fourth-order valence-corrected chi connectivity index (χ4v) is 2.45. The van der Waals surface area contributed by atoms with Crippen molar-refractivity contribution in [2.45, 2.75) is 41.5 Å². The van der Waals surface area contributed by atoms with E-state index in [1.54, 1.807) is 9.80 Å². The molecule has 1 aliphatic carbocycles. The SMILES string of the molecule is CC[NH+](CC)CC.CC[NH+](CC)CC.O=C1C([O-])=C(Cl)C(=O)C([O-])=C1Cl. The van der Waals surface area contributed by atoms with Gasteiger partial charge < -0.3 is 20.0 Å². The standard InChI is InChI=1S/C6H2Cl2O4.2C6H15N/c7-1-3(9)5(11)2(8)6(12)4(1)10;2*1-4-7(5-2)6-3/h9,12H;2*4-6H2,1-3H3. The molecule has 0 fully saturated rings. The number of hydrogen-bond donors (Lipinski definition) is 2. The third-order valence-electron chi connectivity index (χ3n) is 4.21. The zero-order valence-electron chi connectivity index (χ0n) is 16.6. The number of halogens is 2. The van der Waals surface area contributed by atoms with Crippen molar-refractivity contribution in [3.8, 4) is 0 Å². The lowest BCUT2D eigenvalue weighted by atomic mass is 10.1. The number of ketones is 2. The molecule has 0 saturated carbocycles. The molecule has 0 amide bonds. The topological polar surface area (TPSA) is 89.1 Å². The fraction of sp³-hybridized carbons (Fsp3) is 0.667. The van der Waals surface area contributed by atoms with Gasteiger partial charge in [0.2, 0.25) is 0 Å². The Labute approximate surface area is 167 Å². The Morgan fingerprint density at radius 3 is 0.923 bits per heavy atom. The molecular formula is C18H32Cl2N2O4. The molecule has 0 heterocycles. The molecule has 152 valence electrons. The second kappa shape index (κ2) is 15.0. The first-order valence-corrected chi connectivity index (χ1v) is 9.81. The summed E-state index contributed by atoms with van der Waals surface area (Å²) in [6.45, 7) is 21.0. The maximum Gasteiger partial charge on any atom is 0.190 e. The molecule has 2 N–H and O–H groups in total. The summed E-state index contributed by atoms with van der Waals surface area (Å²) in [5.74, 6) is -4.92. The Kier molecular flexibility index (Phi) is 15.7. The van der Waals surface area contributed by atoms with Gasteiger partial charge in [0.15, 0.2) is 11.6 Å². The predicted octanol–water partition coefficient (Wildman–Crippen LogP) is -1.38. The number of carbonyl (C=O) groups is 2. The largest absolute Gasteiger partial charge is 0.869 e. The maximum atomic E-state index is 10.7. The molecule has 6 nitrogen and oxygen atoms in total. The van der Waals surface area contributed by atoms with Gasteiger partial charge in [-0.2, -0.15) is 0 Å². The van der Waals surface area contributed by atoms with Crippen LogP contribution >= 0.6 is 23.2 Å². The van der Waals surface area contributed by atoms with Gasteiger partial charge in [-0.15, -0.1) is 0 Å². The van der Waals surface area contributed by atoms with Crippen LogP contribution in [0.5, 0.6) is 0 Å². The van der Waals surface area contributed by atoms with Gasteiger partial charge in [-0.1, -0.05) is 23.2 Å². The lowest BCUT2D eigenvalue weighted by Gasteiger charge is -2.23. The van der Waals surface area contributed by atoms with Gasteiger partial charge >= 0.3 is 0 Å². The van der Waals surface area contributed by atoms with Crippen LogP contribution in [0.1, 0.15) is 41.5 Å². The van der Waals surface area contributed by atoms with Gasteiger partial charge in [0.25, 0.3) is 0 Å². The van der Waals surface area contributed by atoms with E-state index >= 15 is 0 Å². The molecule has 0 unspecified atom stereocenters. The number of Topliss-reactive ketones (excluding diaryl/α,β-unsaturated/α-hetero) is 2. The van der Waals surface area contributed by atoms with Gasteiger partial charge in [0.1, 0.15) is 0 Å². The Balaban J connectivity index is 0. The van der Waals surface area contributed by atoms with Crippen LogP contribution in [0.3, 0.4) is 0 Å².